The van der Waals surface area contributed by atoms with Crippen LogP contribution in [0.4, 0.5) is 5.69 Å². The van der Waals surface area contributed by atoms with Crippen LogP contribution in [-0.4, -0.2) is 22.0 Å². The molecule has 5 nitrogen and oxygen atoms in total. The first kappa shape index (κ1) is 14.5. The Morgan fingerprint density at radius 2 is 2.05 bits per heavy atom. The number of amides is 1. The summed E-state index contributed by atoms with van der Waals surface area (Å²) in [7, 11) is 0. The van der Waals surface area contributed by atoms with Crippen LogP contribution >= 0.6 is 27.5 Å². The summed E-state index contributed by atoms with van der Waals surface area (Å²) in [5, 5.41) is 11.8. The van der Waals surface area contributed by atoms with Crippen LogP contribution in [0.2, 0.25) is 5.02 Å². The van der Waals surface area contributed by atoms with Crippen LogP contribution in [0.15, 0.2) is 41.1 Å². The van der Waals surface area contributed by atoms with Gasteiger partial charge in [-0.3, -0.25) is 9.78 Å². The minimum atomic E-state index is -1.04. The second kappa shape index (κ2) is 6.02. The highest BCUT2D eigenvalue weighted by atomic mass is 79.9. The minimum Gasteiger partial charge on any atom is -0.478 e. The van der Waals surface area contributed by atoms with Crippen LogP contribution in [0.5, 0.6) is 0 Å². The number of carboxylic acids is 1. The third-order valence-corrected chi connectivity index (χ3v) is 3.46. The van der Waals surface area contributed by atoms with Gasteiger partial charge in [0.2, 0.25) is 0 Å². The molecular formula is C13H8BrClN2O3. The smallest absolute Gasteiger partial charge is 0.335 e. The van der Waals surface area contributed by atoms with Gasteiger partial charge in [0.05, 0.1) is 21.8 Å². The van der Waals surface area contributed by atoms with Gasteiger partial charge in [0.15, 0.2) is 0 Å². The van der Waals surface area contributed by atoms with Gasteiger partial charge < -0.3 is 10.4 Å². The van der Waals surface area contributed by atoms with Crippen LogP contribution in [0.25, 0.3) is 0 Å². The first-order valence-corrected chi connectivity index (χ1v) is 6.60. The number of halogens is 2. The Kier molecular flexibility index (Phi) is 4.36. The Morgan fingerprint density at radius 3 is 2.65 bits per heavy atom. The standard InChI is InChI=1S/C13H8BrClN2O3/c14-9-5-7(13(19)20)1-2-11(9)17-12(18)8-6-16-4-3-10(8)15/h1-6H,(H,17,18)(H,19,20). The molecule has 7 heteroatoms. The number of anilines is 1. The number of carbonyl (C=O) groups is 2. The molecule has 0 radical (unpaired) electrons. The van der Waals surface area contributed by atoms with Gasteiger partial charge >= 0.3 is 5.97 Å². The van der Waals surface area contributed by atoms with E-state index in [2.05, 4.69) is 26.2 Å². The maximum atomic E-state index is 12.0. The third-order valence-electron chi connectivity index (χ3n) is 2.48. The van der Waals surface area contributed by atoms with Gasteiger partial charge in [-0.05, 0) is 40.2 Å². The second-order valence-corrected chi connectivity index (χ2v) is 5.07. The van der Waals surface area contributed by atoms with Crippen molar-refractivity contribution in [3.8, 4) is 0 Å². The Bertz CT molecular complexity index is 691. The largest absolute Gasteiger partial charge is 0.478 e. The van der Waals surface area contributed by atoms with Crippen molar-refractivity contribution in [3.05, 3.63) is 57.3 Å². The Labute approximate surface area is 127 Å². The number of aromatic nitrogens is 1. The van der Waals surface area contributed by atoms with E-state index in [4.69, 9.17) is 16.7 Å². The normalized spacial score (nSPS) is 10.1. The van der Waals surface area contributed by atoms with E-state index in [1.165, 1.54) is 36.7 Å². The highest BCUT2D eigenvalue weighted by Crippen LogP contribution is 2.25. The summed E-state index contributed by atoms with van der Waals surface area (Å²) in [4.78, 5) is 26.7. The highest BCUT2D eigenvalue weighted by Gasteiger charge is 2.13. The topological polar surface area (TPSA) is 79.3 Å². The first-order chi connectivity index (χ1) is 9.49. The lowest BCUT2D eigenvalue weighted by molar-refractivity contribution is 0.0696. The number of carbonyl (C=O) groups excluding carboxylic acids is 1. The summed E-state index contributed by atoms with van der Waals surface area (Å²) in [6.07, 6.45) is 2.84. The van der Waals surface area contributed by atoms with Crippen molar-refractivity contribution in [3.63, 3.8) is 0 Å². The number of benzene rings is 1. The molecule has 0 saturated carbocycles. The molecule has 0 unspecified atom stereocenters. The molecule has 1 amide bonds. The number of nitrogens with zero attached hydrogens (tertiary/aromatic N) is 1. The van der Waals surface area contributed by atoms with Crippen molar-refractivity contribution in [2.45, 2.75) is 0 Å². The SMILES string of the molecule is O=C(O)c1ccc(NC(=O)c2cnccc2Cl)c(Br)c1. The molecule has 1 aromatic carbocycles. The average Bonchev–Trinajstić information content (AvgIpc) is 2.41. The molecule has 0 saturated heterocycles. The van der Waals surface area contributed by atoms with E-state index in [0.29, 0.717) is 10.2 Å². The number of carboxylic acid groups (broad SMARTS) is 1. The van der Waals surface area contributed by atoms with Crippen molar-refractivity contribution in [1.82, 2.24) is 4.98 Å². The number of nitrogens with one attached hydrogen (secondary N) is 1. The molecule has 2 rings (SSSR count). The van der Waals surface area contributed by atoms with Gasteiger partial charge in [0.25, 0.3) is 5.91 Å². The second-order valence-electron chi connectivity index (χ2n) is 3.81. The van der Waals surface area contributed by atoms with Crippen molar-refractivity contribution in [2.75, 3.05) is 5.32 Å². The Balaban J connectivity index is 2.25. The van der Waals surface area contributed by atoms with Crippen LogP contribution in [0, 0.1) is 0 Å². The number of pyridine rings is 1. The van der Waals surface area contributed by atoms with Gasteiger partial charge in [0, 0.05) is 16.9 Å². The Hall–Kier alpha value is -1.92. The van der Waals surface area contributed by atoms with E-state index >= 15 is 0 Å². The summed E-state index contributed by atoms with van der Waals surface area (Å²) < 4.78 is 0.464. The zero-order valence-electron chi connectivity index (χ0n) is 9.93. The van der Waals surface area contributed by atoms with E-state index in [1.54, 1.807) is 0 Å². The van der Waals surface area contributed by atoms with Gasteiger partial charge in [-0.15, -0.1) is 0 Å². The molecule has 0 aliphatic heterocycles. The number of hydrogen-bond acceptors (Lipinski definition) is 3. The molecule has 1 aromatic heterocycles. The van der Waals surface area contributed by atoms with E-state index < -0.39 is 11.9 Å². The van der Waals surface area contributed by atoms with E-state index in [-0.39, 0.29) is 16.1 Å². The molecule has 0 bridgehead atoms. The van der Waals surface area contributed by atoms with E-state index in [1.807, 2.05) is 0 Å². The van der Waals surface area contributed by atoms with Crippen LogP contribution in [0.3, 0.4) is 0 Å². The highest BCUT2D eigenvalue weighted by molar-refractivity contribution is 9.10. The lowest BCUT2D eigenvalue weighted by Gasteiger charge is -2.08. The molecule has 0 aliphatic rings. The number of aromatic carboxylic acids is 1. The number of hydrogen-bond donors (Lipinski definition) is 2. The predicted octanol–water partition coefficient (Wildman–Crippen LogP) is 3.45. The zero-order chi connectivity index (χ0) is 14.7. The van der Waals surface area contributed by atoms with Gasteiger partial charge in [-0.1, -0.05) is 11.6 Å². The number of rotatable bonds is 3. The maximum Gasteiger partial charge on any atom is 0.335 e. The van der Waals surface area contributed by atoms with Gasteiger partial charge in [-0.25, -0.2) is 4.79 Å². The summed E-state index contributed by atoms with van der Waals surface area (Å²) in [5.41, 5.74) is 0.803. The van der Waals surface area contributed by atoms with Crippen molar-refractivity contribution >= 4 is 45.1 Å². The zero-order valence-corrected chi connectivity index (χ0v) is 12.3. The van der Waals surface area contributed by atoms with Crippen LogP contribution in [0.1, 0.15) is 20.7 Å². The molecule has 0 aliphatic carbocycles. The Morgan fingerprint density at radius 1 is 1.30 bits per heavy atom. The predicted molar refractivity (Wildman–Crippen MR) is 78.3 cm³/mol. The summed E-state index contributed by atoms with van der Waals surface area (Å²) in [6, 6.07) is 5.81. The molecule has 2 N–H and O–H groups in total. The van der Waals surface area contributed by atoms with Crippen molar-refractivity contribution < 1.29 is 14.7 Å². The summed E-state index contributed by atoms with van der Waals surface area (Å²) >= 11 is 9.11. The molecule has 2 aromatic rings. The molecule has 0 atom stereocenters. The fourth-order valence-corrected chi connectivity index (χ4v) is 2.15. The molecular weight excluding hydrogens is 348 g/mol. The first-order valence-electron chi connectivity index (χ1n) is 5.42. The van der Waals surface area contributed by atoms with Crippen molar-refractivity contribution in [1.29, 1.82) is 0 Å². The minimum absolute atomic E-state index is 0.120. The van der Waals surface area contributed by atoms with Crippen LogP contribution in [-0.2, 0) is 0 Å². The monoisotopic (exact) mass is 354 g/mol. The van der Waals surface area contributed by atoms with Crippen molar-refractivity contribution in [2.24, 2.45) is 0 Å². The fourth-order valence-electron chi connectivity index (χ4n) is 1.48. The summed E-state index contributed by atoms with van der Waals surface area (Å²) in [6.45, 7) is 0. The lowest BCUT2D eigenvalue weighted by atomic mass is 10.2. The van der Waals surface area contributed by atoms with E-state index in [0.717, 1.165) is 0 Å². The maximum absolute atomic E-state index is 12.0. The molecule has 0 fully saturated rings. The summed E-state index contributed by atoms with van der Waals surface area (Å²) in [5.74, 6) is -1.47. The molecule has 0 spiro atoms. The average molecular weight is 356 g/mol. The fraction of sp³-hybridized carbons (Fsp3) is 0. The lowest BCUT2D eigenvalue weighted by Crippen LogP contribution is -2.13. The third kappa shape index (κ3) is 3.15. The van der Waals surface area contributed by atoms with E-state index in [9.17, 15) is 9.59 Å². The quantitative estimate of drug-likeness (QED) is 0.884. The molecule has 102 valence electrons. The molecule has 20 heavy (non-hydrogen) atoms. The van der Waals surface area contributed by atoms with Gasteiger partial charge in [-0.2, -0.15) is 0 Å². The van der Waals surface area contributed by atoms with Crippen LogP contribution < -0.4 is 5.32 Å². The molecule has 1 heterocycles. The van der Waals surface area contributed by atoms with Gasteiger partial charge in [0.1, 0.15) is 0 Å².